The number of hydrogen-bond donors (Lipinski definition) is 2. The zero-order valence-corrected chi connectivity index (χ0v) is 9.68. The number of anilines is 1. The van der Waals surface area contributed by atoms with E-state index in [4.69, 9.17) is 11.5 Å². The maximum absolute atomic E-state index is 11.0. The first-order chi connectivity index (χ1) is 8.72. The number of carboxylic acid groups (broad SMARTS) is 1. The second kappa shape index (κ2) is 5.19. The number of rotatable bonds is 4. The van der Waals surface area contributed by atoms with E-state index in [1.165, 1.54) is 0 Å². The summed E-state index contributed by atoms with van der Waals surface area (Å²) in [5, 5.41) is 12.8. The highest BCUT2D eigenvalue weighted by Crippen LogP contribution is 2.19. The molecule has 0 bridgehead atoms. The predicted molar refractivity (Wildman–Crippen MR) is 70.6 cm³/mol. The molecular formula is C14H12N2O2. The monoisotopic (exact) mass is 240 g/mol. The largest absolute Gasteiger partial charge is 0.478 e. The van der Waals surface area contributed by atoms with E-state index in [1.54, 1.807) is 30.3 Å². The van der Waals surface area contributed by atoms with Gasteiger partial charge in [-0.25, -0.2) is 9.78 Å². The molecule has 0 aliphatic carbocycles. The Hall–Kier alpha value is -2.54. The van der Waals surface area contributed by atoms with Gasteiger partial charge in [0.05, 0.1) is 11.1 Å². The number of terminal acetylenes is 1. The van der Waals surface area contributed by atoms with Crippen molar-refractivity contribution in [3.63, 3.8) is 0 Å². The zero-order chi connectivity index (χ0) is 13.0. The molecule has 0 unspecified atom stereocenters. The number of pyridine rings is 1. The quantitative estimate of drug-likeness (QED) is 0.636. The Morgan fingerprint density at radius 3 is 2.94 bits per heavy atom. The van der Waals surface area contributed by atoms with Gasteiger partial charge in [-0.3, -0.25) is 0 Å². The highest BCUT2D eigenvalue weighted by atomic mass is 16.4. The van der Waals surface area contributed by atoms with Gasteiger partial charge in [-0.15, -0.1) is 12.3 Å². The summed E-state index contributed by atoms with van der Waals surface area (Å²) in [5.41, 5.74) is 0.913. The number of fused-ring (bicyclic) bond motifs is 1. The lowest BCUT2D eigenvalue weighted by Gasteiger charge is -2.06. The smallest absolute Gasteiger partial charge is 0.336 e. The van der Waals surface area contributed by atoms with Crippen LogP contribution in [-0.2, 0) is 0 Å². The minimum absolute atomic E-state index is 0.259. The lowest BCUT2D eigenvalue weighted by atomic mass is 10.1. The van der Waals surface area contributed by atoms with Crippen LogP contribution in [0.25, 0.3) is 10.9 Å². The standard InChI is InChI=1S/C14H12N2O2/c1-2-3-9-15-13-8-7-10-11(14(17)18)5-4-6-12(10)16-13/h1,4-8H,3,9H2,(H,15,16)(H,17,18). The van der Waals surface area contributed by atoms with Crippen molar-refractivity contribution in [2.75, 3.05) is 11.9 Å². The molecule has 18 heavy (non-hydrogen) atoms. The van der Waals surface area contributed by atoms with Crippen molar-refractivity contribution in [2.24, 2.45) is 0 Å². The fourth-order valence-corrected chi connectivity index (χ4v) is 1.70. The molecule has 2 N–H and O–H groups in total. The summed E-state index contributed by atoms with van der Waals surface area (Å²) in [4.78, 5) is 15.4. The first kappa shape index (κ1) is 11.9. The zero-order valence-electron chi connectivity index (χ0n) is 9.68. The fraction of sp³-hybridized carbons (Fsp3) is 0.143. The Labute approximate surface area is 105 Å². The van der Waals surface area contributed by atoms with Gasteiger partial charge >= 0.3 is 5.97 Å². The van der Waals surface area contributed by atoms with Crippen LogP contribution in [0.5, 0.6) is 0 Å². The van der Waals surface area contributed by atoms with Crippen molar-refractivity contribution in [1.82, 2.24) is 4.98 Å². The van der Waals surface area contributed by atoms with Gasteiger partial charge in [0.15, 0.2) is 0 Å². The van der Waals surface area contributed by atoms with Crippen LogP contribution in [0.1, 0.15) is 16.8 Å². The van der Waals surface area contributed by atoms with Crippen LogP contribution in [0.2, 0.25) is 0 Å². The number of benzene rings is 1. The van der Waals surface area contributed by atoms with Gasteiger partial charge in [-0.2, -0.15) is 0 Å². The molecule has 0 saturated heterocycles. The molecule has 1 aromatic carbocycles. The van der Waals surface area contributed by atoms with Crippen molar-refractivity contribution < 1.29 is 9.90 Å². The minimum atomic E-state index is -0.949. The SMILES string of the molecule is C#CCCNc1ccc2c(C(=O)O)cccc2n1. The Morgan fingerprint density at radius 2 is 2.22 bits per heavy atom. The van der Waals surface area contributed by atoms with Crippen LogP contribution in [0.4, 0.5) is 5.82 Å². The topological polar surface area (TPSA) is 62.2 Å². The van der Waals surface area contributed by atoms with Gasteiger partial charge in [0, 0.05) is 18.4 Å². The van der Waals surface area contributed by atoms with Gasteiger partial charge in [-0.05, 0) is 24.3 Å². The Balaban J connectivity index is 2.35. The van der Waals surface area contributed by atoms with E-state index in [9.17, 15) is 4.79 Å². The van der Waals surface area contributed by atoms with Crippen molar-refractivity contribution in [1.29, 1.82) is 0 Å². The van der Waals surface area contributed by atoms with Gasteiger partial charge < -0.3 is 10.4 Å². The van der Waals surface area contributed by atoms with Crippen LogP contribution in [-0.4, -0.2) is 22.6 Å². The van der Waals surface area contributed by atoms with E-state index in [2.05, 4.69) is 16.2 Å². The molecule has 1 heterocycles. The van der Waals surface area contributed by atoms with E-state index in [-0.39, 0.29) is 5.56 Å². The molecule has 0 atom stereocenters. The van der Waals surface area contributed by atoms with E-state index in [1.807, 2.05) is 0 Å². The average Bonchev–Trinajstić information content (AvgIpc) is 2.38. The number of nitrogens with one attached hydrogen (secondary N) is 1. The third-order valence-corrected chi connectivity index (χ3v) is 2.54. The molecule has 1 aromatic heterocycles. The summed E-state index contributed by atoms with van der Waals surface area (Å²) in [6.07, 6.45) is 5.78. The molecule has 0 spiro atoms. The molecule has 4 nitrogen and oxygen atoms in total. The summed E-state index contributed by atoms with van der Waals surface area (Å²) < 4.78 is 0. The predicted octanol–water partition coefficient (Wildman–Crippen LogP) is 2.37. The third-order valence-electron chi connectivity index (χ3n) is 2.54. The minimum Gasteiger partial charge on any atom is -0.478 e. The molecular weight excluding hydrogens is 228 g/mol. The summed E-state index contributed by atoms with van der Waals surface area (Å²) in [6, 6.07) is 8.55. The number of carbonyl (C=O) groups is 1. The van der Waals surface area contributed by atoms with Crippen molar-refractivity contribution >= 4 is 22.7 Å². The van der Waals surface area contributed by atoms with Crippen LogP contribution in [0.15, 0.2) is 30.3 Å². The maximum Gasteiger partial charge on any atom is 0.336 e. The molecule has 90 valence electrons. The lowest BCUT2D eigenvalue weighted by Crippen LogP contribution is -2.03. The van der Waals surface area contributed by atoms with Crippen LogP contribution >= 0.6 is 0 Å². The molecule has 0 aliphatic rings. The molecule has 4 heteroatoms. The Kier molecular flexibility index (Phi) is 3.44. The van der Waals surface area contributed by atoms with Crippen LogP contribution in [0, 0.1) is 12.3 Å². The molecule has 0 fully saturated rings. The molecule has 0 amide bonds. The Bertz CT molecular complexity index is 629. The number of nitrogens with zero attached hydrogens (tertiary/aromatic N) is 1. The first-order valence-corrected chi connectivity index (χ1v) is 5.53. The summed E-state index contributed by atoms with van der Waals surface area (Å²) in [5.74, 6) is 2.28. The summed E-state index contributed by atoms with van der Waals surface area (Å²) in [7, 11) is 0. The number of carboxylic acids is 1. The first-order valence-electron chi connectivity index (χ1n) is 5.53. The fourth-order valence-electron chi connectivity index (χ4n) is 1.70. The van der Waals surface area contributed by atoms with E-state index < -0.39 is 5.97 Å². The van der Waals surface area contributed by atoms with E-state index in [0.29, 0.717) is 29.7 Å². The highest BCUT2D eigenvalue weighted by molar-refractivity contribution is 6.02. The average molecular weight is 240 g/mol. The van der Waals surface area contributed by atoms with Crippen molar-refractivity contribution in [3.8, 4) is 12.3 Å². The van der Waals surface area contributed by atoms with Crippen LogP contribution < -0.4 is 5.32 Å². The normalized spacial score (nSPS) is 9.94. The number of aromatic carboxylic acids is 1. The van der Waals surface area contributed by atoms with E-state index in [0.717, 1.165) is 0 Å². The van der Waals surface area contributed by atoms with Crippen molar-refractivity contribution in [2.45, 2.75) is 6.42 Å². The Morgan fingerprint density at radius 1 is 1.39 bits per heavy atom. The lowest BCUT2D eigenvalue weighted by molar-refractivity contribution is 0.0699. The third kappa shape index (κ3) is 2.41. The highest BCUT2D eigenvalue weighted by Gasteiger charge is 2.08. The number of aromatic nitrogens is 1. The van der Waals surface area contributed by atoms with Gasteiger partial charge in [0.1, 0.15) is 5.82 Å². The van der Waals surface area contributed by atoms with Gasteiger partial charge in [0.25, 0.3) is 0 Å². The van der Waals surface area contributed by atoms with Gasteiger partial charge in [0.2, 0.25) is 0 Å². The second-order valence-electron chi connectivity index (χ2n) is 3.75. The van der Waals surface area contributed by atoms with E-state index >= 15 is 0 Å². The molecule has 2 rings (SSSR count). The van der Waals surface area contributed by atoms with Crippen LogP contribution in [0.3, 0.4) is 0 Å². The second-order valence-corrected chi connectivity index (χ2v) is 3.75. The molecule has 0 aliphatic heterocycles. The molecule has 0 saturated carbocycles. The molecule has 0 radical (unpaired) electrons. The maximum atomic E-state index is 11.0. The summed E-state index contributed by atoms with van der Waals surface area (Å²) in [6.45, 7) is 0.646. The summed E-state index contributed by atoms with van der Waals surface area (Å²) >= 11 is 0. The number of hydrogen-bond acceptors (Lipinski definition) is 3. The van der Waals surface area contributed by atoms with Crippen molar-refractivity contribution in [3.05, 3.63) is 35.9 Å². The van der Waals surface area contributed by atoms with Gasteiger partial charge in [-0.1, -0.05) is 6.07 Å². The molecule has 2 aromatic rings.